The van der Waals surface area contributed by atoms with E-state index in [0.717, 1.165) is 35.9 Å². The normalized spacial score (nSPS) is 16.3. The molecule has 0 spiro atoms. The minimum absolute atomic E-state index is 0.00589. The van der Waals surface area contributed by atoms with Gasteiger partial charge in [-0.3, -0.25) is 4.79 Å². The maximum atomic E-state index is 12.5. The van der Waals surface area contributed by atoms with Gasteiger partial charge in [0, 0.05) is 25.2 Å². The second kappa shape index (κ2) is 8.32. The summed E-state index contributed by atoms with van der Waals surface area (Å²) in [5, 5.41) is 3.50. The summed E-state index contributed by atoms with van der Waals surface area (Å²) in [6.07, 6.45) is 1.84. The molecule has 0 saturated carbocycles. The van der Waals surface area contributed by atoms with Crippen LogP contribution in [0.1, 0.15) is 46.9 Å². The molecule has 1 N–H and O–H groups in total. The largest absolute Gasteiger partial charge is 0.383 e. The van der Waals surface area contributed by atoms with Crippen LogP contribution in [0.25, 0.3) is 0 Å². The predicted molar refractivity (Wildman–Crippen MR) is 109 cm³/mol. The molecular formula is C21H26N2O4S. The topological polar surface area (TPSA) is 75.7 Å². The van der Waals surface area contributed by atoms with Crippen LogP contribution in [0.4, 0.5) is 0 Å². The number of carbonyl (C=O) groups excluding carboxylic acids is 1. The smallest absolute Gasteiger partial charge is 0.306 e. The number of amides is 1. The summed E-state index contributed by atoms with van der Waals surface area (Å²) in [5.41, 5.74) is 3.90. The zero-order valence-electron chi connectivity index (χ0n) is 16.4. The van der Waals surface area contributed by atoms with E-state index in [0.29, 0.717) is 24.4 Å². The van der Waals surface area contributed by atoms with Crippen molar-refractivity contribution in [2.75, 3.05) is 25.9 Å². The fourth-order valence-corrected chi connectivity index (χ4v) is 4.03. The van der Waals surface area contributed by atoms with Crippen LogP contribution >= 0.6 is 0 Å². The summed E-state index contributed by atoms with van der Waals surface area (Å²) in [6, 6.07) is 13.1. The van der Waals surface area contributed by atoms with Crippen molar-refractivity contribution in [2.24, 2.45) is 0 Å². The van der Waals surface area contributed by atoms with E-state index in [4.69, 9.17) is 4.18 Å². The van der Waals surface area contributed by atoms with Gasteiger partial charge in [0.2, 0.25) is 0 Å². The number of carbonyl (C=O) groups is 1. The Hall–Kier alpha value is -2.38. The number of fused-ring (bicyclic) bond motifs is 1. The number of nitrogens with zero attached hydrogens (tertiary/aromatic N) is 1. The molecule has 1 unspecified atom stereocenters. The number of nitrogens with one attached hydrogen (secondary N) is 1. The van der Waals surface area contributed by atoms with Crippen molar-refractivity contribution in [3.05, 3.63) is 64.7 Å². The van der Waals surface area contributed by atoms with Crippen molar-refractivity contribution in [2.45, 2.75) is 26.3 Å². The van der Waals surface area contributed by atoms with E-state index in [9.17, 15) is 13.2 Å². The van der Waals surface area contributed by atoms with Crippen LogP contribution < -0.4 is 9.50 Å². The maximum Gasteiger partial charge on any atom is 0.306 e. The minimum Gasteiger partial charge on any atom is -0.383 e. The summed E-state index contributed by atoms with van der Waals surface area (Å²) >= 11 is 0. The standard InChI is InChI=1S/C21H26N2O4S/c1-4-23(5-2)21(24)16-8-6-15(7-9-16)20-19-11-10-18(27-28(3,25)26)14-17(19)12-13-22-20/h6-11,14,20,22H,4-5,12-13H2,1-3H3. The lowest BCUT2D eigenvalue weighted by Gasteiger charge is -2.28. The van der Waals surface area contributed by atoms with Crippen LogP contribution in [-0.2, 0) is 16.5 Å². The molecule has 1 heterocycles. The first kappa shape index (κ1) is 20.4. The highest BCUT2D eigenvalue weighted by Gasteiger charge is 2.23. The lowest BCUT2D eigenvalue weighted by Crippen LogP contribution is -2.31. The van der Waals surface area contributed by atoms with Gasteiger partial charge in [-0.05, 0) is 61.2 Å². The van der Waals surface area contributed by atoms with E-state index in [1.807, 2.05) is 44.2 Å². The monoisotopic (exact) mass is 402 g/mol. The highest BCUT2D eigenvalue weighted by Crippen LogP contribution is 2.31. The predicted octanol–water partition coefficient (Wildman–Crippen LogP) is 2.74. The molecule has 28 heavy (non-hydrogen) atoms. The van der Waals surface area contributed by atoms with Crippen LogP contribution in [-0.4, -0.2) is 45.1 Å². The number of rotatable bonds is 6. The summed E-state index contributed by atoms with van der Waals surface area (Å²) < 4.78 is 27.7. The summed E-state index contributed by atoms with van der Waals surface area (Å²) in [6.45, 7) is 6.10. The van der Waals surface area contributed by atoms with Gasteiger partial charge in [0.05, 0.1) is 12.3 Å². The van der Waals surface area contributed by atoms with Crippen molar-refractivity contribution < 1.29 is 17.4 Å². The van der Waals surface area contributed by atoms with Gasteiger partial charge in [0.1, 0.15) is 5.75 Å². The zero-order valence-corrected chi connectivity index (χ0v) is 17.3. The summed E-state index contributed by atoms with van der Waals surface area (Å²) in [7, 11) is -3.55. The lowest BCUT2D eigenvalue weighted by atomic mass is 9.89. The van der Waals surface area contributed by atoms with Gasteiger partial charge in [-0.15, -0.1) is 0 Å². The van der Waals surface area contributed by atoms with Crippen LogP contribution in [0.5, 0.6) is 5.75 Å². The molecule has 2 aromatic carbocycles. The molecule has 1 amide bonds. The maximum absolute atomic E-state index is 12.5. The third kappa shape index (κ3) is 4.54. The molecule has 150 valence electrons. The Morgan fingerprint density at radius 3 is 2.43 bits per heavy atom. The molecule has 3 rings (SSSR count). The Balaban J connectivity index is 1.85. The van der Waals surface area contributed by atoms with E-state index >= 15 is 0 Å². The summed E-state index contributed by atoms with van der Waals surface area (Å²) in [4.78, 5) is 14.3. The number of benzene rings is 2. The van der Waals surface area contributed by atoms with Crippen LogP contribution in [0.2, 0.25) is 0 Å². The molecule has 1 aliphatic rings. The van der Waals surface area contributed by atoms with Gasteiger partial charge >= 0.3 is 10.1 Å². The van der Waals surface area contributed by atoms with Crippen LogP contribution in [0.15, 0.2) is 42.5 Å². The summed E-state index contributed by atoms with van der Waals surface area (Å²) in [5.74, 6) is 0.373. The van der Waals surface area contributed by atoms with Crippen LogP contribution in [0.3, 0.4) is 0 Å². The van der Waals surface area contributed by atoms with Crippen LogP contribution in [0, 0.1) is 0 Å². The Kier molecular flexibility index (Phi) is 6.05. The lowest BCUT2D eigenvalue weighted by molar-refractivity contribution is 0.0773. The van der Waals surface area contributed by atoms with Crippen molar-refractivity contribution in [1.82, 2.24) is 10.2 Å². The average molecular weight is 403 g/mol. The quantitative estimate of drug-likeness (QED) is 0.752. The number of hydrogen-bond donors (Lipinski definition) is 1. The van der Waals surface area contributed by atoms with Gasteiger partial charge in [0.25, 0.3) is 5.91 Å². The zero-order chi connectivity index (χ0) is 20.3. The van der Waals surface area contributed by atoms with E-state index in [1.54, 1.807) is 17.0 Å². The molecular weight excluding hydrogens is 376 g/mol. The molecule has 0 bridgehead atoms. The first-order valence-corrected chi connectivity index (χ1v) is 11.3. The molecule has 1 atom stereocenters. The SMILES string of the molecule is CCN(CC)C(=O)c1ccc(C2NCCc3cc(OS(C)(=O)=O)ccc32)cc1. The van der Waals surface area contributed by atoms with Crippen molar-refractivity contribution in [3.8, 4) is 5.75 Å². The van der Waals surface area contributed by atoms with Gasteiger partial charge in [-0.2, -0.15) is 8.42 Å². The molecule has 6 nitrogen and oxygen atoms in total. The Labute approximate surface area is 166 Å². The van der Waals surface area contributed by atoms with Crippen molar-refractivity contribution in [3.63, 3.8) is 0 Å². The molecule has 7 heteroatoms. The van der Waals surface area contributed by atoms with Gasteiger partial charge in [-0.1, -0.05) is 18.2 Å². The molecule has 0 fully saturated rings. The fourth-order valence-electron chi connectivity index (χ4n) is 3.58. The van der Waals surface area contributed by atoms with E-state index in [1.165, 1.54) is 0 Å². The molecule has 0 radical (unpaired) electrons. The third-order valence-electron chi connectivity index (χ3n) is 4.96. The molecule has 2 aromatic rings. The Morgan fingerprint density at radius 1 is 1.14 bits per heavy atom. The average Bonchev–Trinajstić information content (AvgIpc) is 2.67. The highest BCUT2D eigenvalue weighted by molar-refractivity contribution is 7.86. The Bertz CT molecular complexity index is 951. The van der Waals surface area contributed by atoms with Crippen molar-refractivity contribution in [1.29, 1.82) is 0 Å². The second-order valence-electron chi connectivity index (χ2n) is 6.88. The van der Waals surface area contributed by atoms with E-state index in [-0.39, 0.29) is 11.9 Å². The van der Waals surface area contributed by atoms with E-state index in [2.05, 4.69) is 5.32 Å². The second-order valence-corrected chi connectivity index (χ2v) is 8.46. The third-order valence-corrected chi connectivity index (χ3v) is 5.45. The van der Waals surface area contributed by atoms with E-state index < -0.39 is 10.1 Å². The van der Waals surface area contributed by atoms with Crippen molar-refractivity contribution >= 4 is 16.0 Å². The van der Waals surface area contributed by atoms with Gasteiger partial charge in [0.15, 0.2) is 0 Å². The first-order valence-electron chi connectivity index (χ1n) is 9.47. The molecule has 0 saturated heterocycles. The minimum atomic E-state index is -3.55. The fraction of sp³-hybridized carbons (Fsp3) is 0.381. The molecule has 0 aliphatic carbocycles. The Morgan fingerprint density at radius 2 is 1.82 bits per heavy atom. The first-order chi connectivity index (χ1) is 13.3. The van der Waals surface area contributed by atoms with Gasteiger partial charge < -0.3 is 14.4 Å². The molecule has 1 aliphatic heterocycles. The number of hydrogen-bond acceptors (Lipinski definition) is 5. The molecule has 0 aromatic heterocycles. The van der Waals surface area contributed by atoms with Gasteiger partial charge in [-0.25, -0.2) is 0 Å². The highest BCUT2D eigenvalue weighted by atomic mass is 32.2.